The number of nitrogens with zero attached hydrogens (tertiary/aromatic N) is 4. The maximum absolute atomic E-state index is 2.59. The van der Waals surface area contributed by atoms with Gasteiger partial charge in [-0.05, 0) is 178 Å². The van der Waals surface area contributed by atoms with Crippen LogP contribution in [0.4, 0.5) is 51.2 Å². The van der Waals surface area contributed by atoms with Crippen molar-refractivity contribution in [2.45, 2.75) is 99.3 Å². The summed E-state index contributed by atoms with van der Waals surface area (Å²) in [5.74, 6) is 0. The van der Waals surface area contributed by atoms with E-state index in [1.807, 2.05) is 11.3 Å². The van der Waals surface area contributed by atoms with E-state index >= 15 is 0 Å². The molecule has 0 amide bonds. The molecule has 0 aliphatic carbocycles. The van der Waals surface area contributed by atoms with Crippen molar-refractivity contribution in [1.29, 1.82) is 0 Å². The summed E-state index contributed by atoms with van der Waals surface area (Å²) in [5, 5.41) is 5.10. The van der Waals surface area contributed by atoms with Crippen LogP contribution >= 0.6 is 11.3 Å². The predicted molar refractivity (Wildman–Crippen MR) is 353 cm³/mol. The van der Waals surface area contributed by atoms with Gasteiger partial charge < -0.3 is 19.3 Å². The Kier molecular flexibility index (Phi) is 11.5. The number of aromatic nitrogens is 1. The smallest absolute Gasteiger partial charge is 0.252 e. The molecule has 2 aliphatic rings. The van der Waals surface area contributed by atoms with Crippen LogP contribution in [-0.2, 0) is 16.2 Å². The molecular formula is C75H69BN4S. The van der Waals surface area contributed by atoms with E-state index < -0.39 is 0 Å². The van der Waals surface area contributed by atoms with E-state index in [0.717, 1.165) is 22.7 Å². The van der Waals surface area contributed by atoms with Gasteiger partial charge in [0.1, 0.15) is 0 Å². The van der Waals surface area contributed by atoms with Gasteiger partial charge in [0.2, 0.25) is 0 Å². The molecule has 2 aromatic heterocycles. The first kappa shape index (κ1) is 50.9. The normalized spacial score (nSPS) is 13.4. The fraction of sp³-hybridized carbons (Fsp3) is 0.200. The van der Waals surface area contributed by atoms with Gasteiger partial charge in [0.15, 0.2) is 0 Å². The SMILES string of the molecule is Cc1cc2c3c(c1)N(c1ccc(C(C)(C)C)cc1)c1cc(N(c4ccc5c6ccccc6n(-c6ccccc6)c5c4)c4c(C)cc(C(C)(C)C)cc4C)ccc1B3c1cc(C(C)(C)C)ccc1N2c1ccc2c(c1)sc1ccccc12. The molecule has 6 heteroatoms. The largest absolute Gasteiger partial charge is 0.311 e. The van der Waals surface area contributed by atoms with E-state index in [1.165, 1.54) is 126 Å². The molecule has 398 valence electrons. The lowest BCUT2D eigenvalue weighted by Gasteiger charge is -2.45. The molecule has 0 bridgehead atoms. The number of anilines is 9. The standard InChI is InChI=1S/C75H69BN4S/c1-46-38-67-71-68(39-46)80(56-32-35-60-59-23-17-19-25-69(59)81-70(60)45-56)64-37-28-50(74(7,8)9)42-62(64)76(71)61-36-33-55(44-66(61)79(67)53-29-26-49(27-30-53)73(4,5)6)77(72-47(2)40-51(41-48(72)3)75(10,11)12)54-31-34-58-57-22-16-18-24-63(57)78(65(58)43-54)52-20-14-13-15-21-52/h13-45H,1-12H3. The Morgan fingerprint density at radius 2 is 0.951 bits per heavy atom. The number of benzene rings is 10. The Balaban J connectivity index is 1.05. The Bertz CT molecular complexity index is 4500. The lowest BCUT2D eigenvalue weighted by molar-refractivity contribution is 0.589. The molecular weight excluding hydrogens is 1000 g/mol. The van der Waals surface area contributed by atoms with E-state index in [2.05, 4.69) is 303 Å². The third kappa shape index (κ3) is 8.23. The molecule has 10 aromatic carbocycles. The van der Waals surface area contributed by atoms with Crippen molar-refractivity contribution < 1.29 is 0 Å². The van der Waals surface area contributed by atoms with Crippen molar-refractivity contribution >= 4 is 128 Å². The molecule has 0 spiro atoms. The molecule has 4 nitrogen and oxygen atoms in total. The highest BCUT2D eigenvalue weighted by Gasteiger charge is 2.44. The van der Waals surface area contributed by atoms with E-state index in [0.29, 0.717) is 0 Å². The second-order valence-corrected chi connectivity index (χ2v) is 27.2. The van der Waals surface area contributed by atoms with Crippen LogP contribution in [0.15, 0.2) is 200 Å². The molecule has 81 heavy (non-hydrogen) atoms. The molecule has 0 radical (unpaired) electrons. The number of para-hydroxylation sites is 2. The van der Waals surface area contributed by atoms with Crippen LogP contribution in [0.2, 0.25) is 0 Å². The zero-order valence-corrected chi connectivity index (χ0v) is 49.6. The summed E-state index contributed by atoms with van der Waals surface area (Å²) in [4.78, 5) is 7.73. The zero-order chi connectivity index (χ0) is 56.0. The van der Waals surface area contributed by atoms with Gasteiger partial charge in [-0.3, -0.25) is 0 Å². The Morgan fingerprint density at radius 1 is 0.383 bits per heavy atom. The minimum Gasteiger partial charge on any atom is -0.311 e. The monoisotopic (exact) mass is 1070 g/mol. The summed E-state index contributed by atoms with van der Waals surface area (Å²) in [6.07, 6.45) is 0. The van der Waals surface area contributed by atoms with Gasteiger partial charge in [-0.2, -0.15) is 0 Å². The van der Waals surface area contributed by atoms with Crippen LogP contribution < -0.4 is 31.1 Å². The van der Waals surface area contributed by atoms with Crippen LogP contribution in [0.25, 0.3) is 47.7 Å². The number of hydrogen-bond acceptors (Lipinski definition) is 4. The van der Waals surface area contributed by atoms with E-state index in [-0.39, 0.29) is 23.0 Å². The molecule has 0 fully saturated rings. The fourth-order valence-electron chi connectivity index (χ4n) is 13.4. The van der Waals surface area contributed by atoms with Gasteiger partial charge in [-0.25, -0.2) is 0 Å². The van der Waals surface area contributed by atoms with Crippen molar-refractivity contribution in [3.05, 3.63) is 234 Å². The molecule has 4 heterocycles. The third-order valence-electron chi connectivity index (χ3n) is 17.4. The van der Waals surface area contributed by atoms with Gasteiger partial charge in [-0.15, -0.1) is 11.3 Å². The van der Waals surface area contributed by atoms with Crippen LogP contribution in [0.1, 0.15) is 95.7 Å². The van der Waals surface area contributed by atoms with Crippen molar-refractivity contribution in [1.82, 2.24) is 4.57 Å². The molecule has 0 saturated heterocycles. The predicted octanol–water partition coefficient (Wildman–Crippen LogP) is 19.5. The molecule has 2 aliphatic heterocycles. The first-order valence-corrected chi connectivity index (χ1v) is 29.7. The lowest BCUT2D eigenvalue weighted by atomic mass is 9.33. The highest BCUT2D eigenvalue weighted by atomic mass is 32.1. The Labute approximate surface area is 482 Å². The number of aryl methyl sites for hydroxylation is 3. The minimum atomic E-state index is -0.0689. The minimum absolute atomic E-state index is 0.00430. The van der Waals surface area contributed by atoms with E-state index in [9.17, 15) is 0 Å². The molecule has 0 saturated carbocycles. The Morgan fingerprint density at radius 3 is 1.65 bits per heavy atom. The number of fused-ring (bicyclic) bond motifs is 10. The second-order valence-electron chi connectivity index (χ2n) is 26.1. The molecule has 14 rings (SSSR count). The summed E-state index contributed by atoms with van der Waals surface area (Å²) in [6.45, 7) is 27.8. The zero-order valence-electron chi connectivity index (χ0n) is 48.8. The van der Waals surface area contributed by atoms with Gasteiger partial charge >= 0.3 is 0 Å². The quantitative estimate of drug-likeness (QED) is 0.154. The lowest BCUT2D eigenvalue weighted by Crippen LogP contribution is -2.61. The Hall–Kier alpha value is -8.32. The van der Waals surface area contributed by atoms with Gasteiger partial charge in [0.25, 0.3) is 6.71 Å². The van der Waals surface area contributed by atoms with Crippen molar-refractivity contribution in [3.8, 4) is 5.69 Å². The summed E-state index contributed by atoms with van der Waals surface area (Å²) < 4.78 is 5.06. The van der Waals surface area contributed by atoms with Crippen molar-refractivity contribution in [2.24, 2.45) is 0 Å². The van der Waals surface area contributed by atoms with Gasteiger partial charge in [0.05, 0.1) is 16.7 Å². The van der Waals surface area contributed by atoms with Crippen LogP contribution in [-0.4, -0.2) is 11.3 Å². The summed E-state index contributed by atoms with van der Waals surface area (Å²) in [7, 11) is 0. The highest BCUT2D eigenvalue weighted by Crippen LogP contribution is 2.50. The van der Waals surface area contributed by atoms with E-state index in [1.54, 1.807) is 0 Å². The maximum Gasteiger partial charge on any atom is 0.252 e. The summed E-state index contributed by atoms with van der Waals surface area (Å²) in [5.41, 5.74) is 25.6. The topological polar surface area (TPSA) is 14.7 Å². The number of hydrogen-bond donors (Lipinski definition) is 0. The second kappa shape index (κ2) is 18.4. The number of rotatable bonds is 6. The van der Waals surface area contributed by atoms with Gasteiger partial charge in [-0.1, -0.05) is 172 Å². The maximum atomic E-state index is 2.59. The molecule has 0 N–H and O–H groups in total. The first-order valence-electron chi connectivity index (χ1n) is 28.9. The fourth-order valence-corrected chi connectivity index (χ4v) is 14.5. The average molecular weight is 1070 g/mol. The van der Waals surface area contributed by atoms with Gasteiger partial charge in [0, 0.05) is 82.1 Å². The third-order valence-corrected chi connectivity index (χ3v) is 18.6. The van der Waals surface area contributed by atoms with Crippen LogP contribution in [0.5, 0.6) is 0 Å². The molecule has 12 aromatic rings. The van der Waals surface area contributed by atoms with Crippen molar-refractivity contribution in [2.75, 3.05) is 14.7 Å². The summed E-state index contributed by atoms with van der Waals surface area (Å²) in [6, 6.07) is 76.7. The number of thiophene rings is 1. The average Bonchev–Trinajstić information content (AvgIpc) is 4.16. The van der Waals surface area contributed by atoms with Crippen LogP contribution in [0.3, 0.4) is 0 Å². The first-order chi connectivity index (χ1) is 38.8. The van der Waals surface area contributed by atoms with Crippen molar-refractivity contribution in [3.63, 3.8) is 0 Å². The van der Waals surface area contributed by atoms with Crippen LogP contribution in [0, 0.1) is 20.8 Å². The van der Waals surface area contributed by atoms with E-state index in [4.69, 9.17) is 0 Å². The molecule has 0 atom stereocenters. The molecule has 0 unspecified atom stereocenters. The highest BCUT2D eigenvalue weighted by molar-refractivity contribution is 7.25. The summed E-state index contributed by atoms with van der Waals surface area (Å²) >= 11 is 1.89.